The number of nitrogens with two attached hydrogens (primary N) is 1. The van der Waals surface area contributed by atoms with Gasteiger partial charge in [-0.05, 0) is 31.4 Å². The van der Waals surface area contributed by atoms with Crippen LogP contribution in [0.25, 0.3) is 10.1 Å². The largest absolute Gasteiger partial charge is 0.423 e. The minimum Gasteiger partial charge on any atom is -0.368 e. The van der Waals surface area contributed by atoms with Crippen LogP contribution in [0.15, 0.2) is 30.3 Å². The molecule has 5 nitrogen and oxygen atoms in total. The Labute approximate surface area is 196 Å². The van der Waals surface area contributed by atoms with E-state index in [9.17, 15) is 27.2 Å². The molecule has 0 saturated heterocycles. The lowest BCUT2D eigenvalue weighted by atomic mass is 9.91. The predicted octanol–water partition coefficient (Wildman–Crippen LogP) is 3.48. The number of hydrogen-bond donors (Lipinski definition) is 3. The first-order valence-electron chi connectivity index (χ1n) is 10.0. The molecule has 1 aliphatic heterocycles. The summed E-state index contributed by atoms with van der Waals surface area (Å²) in [5.74, 6) is 3.06. The zero-order valence-corrected chi connectivity index (χ0v) is 19.5. The highest BCUT2D eigenvalue weighted by Gasteiger charge is 2.58. The first kappa shape index (κ1) is 25.3. The molecule has 4 N–H and O–H groups in total. The SMILES string of the molecule is CC(C)(F)C[C@@H]1N[C@@](c2cc3ccccc3s2)(C(F)(F)F)C#CCSC[C@@H](C(N)=O)NC1=O. The van der Waals surface area contributed by atoms with E-state index in [0.29, 0.717) is 10.1 Å². The van der Waals surface area contributed by atoms with Crippen molar-refractivity contribution in [3.05, 3.63) is 35.2 Å². The number of fused-ring (bicyclic) bond motifs is 1. The van der Waals surface area contributed by atoms with E-state index in [2.05, 4.69) is 22.5 Å². The number of thiophene rings is 1. The standard InChI is InChI=1S/C22H23F4N3O2S2/c1-20(2,23)11-14-19(31)28-15(18(27)30)12-32-9-5-8-21(29-14,22(24,25)26)17-10-13-6-3-4-7-16(13)33-17/h3-4,6-7,10,14-15,29H,9,11-12H2,1-2H3,(H2,27,30)(H,28,31)/t14-,15-,21-/m0/s1. The van der Waals surface area contributed by atoms with Crippen molar-refractivity contribution in [1.29, 1.82) is 0 Å². The van der Waals surface area contributed by atoms with Gasteiger partial charge in [0.2, 0.25) is 17.4 Å². The van der Waals surface area contributed by atoms with Crippen molar-refractivity contribution in [2.75, 3.05) is 11.5 Å². The van der Waals surface area contributed by atoms with Gasteiger partial charge in [-0.25, -0.2) is 4.39 Å². The molecule has 0 unspecified atom stereocenters. The molecule has 0 aliphatic carbocycles. The lowest BCUT2D eigenvalue weighted by Gasteiger charge is -2.36. The maximum atomic E-state index is 14.7. The second kappa shape index (κ2) is 9.52. The Bertz CT molecular complexity index is 1070. The van der Waals surface area contributed by atoms with Crippen LogP contribution in [-0.2, 0) is 15.1 Å². The van der Waals surface area contributed by atoms with Crippen molar-refractivity contribution in [1.82, 2.24) is 10.6 Å². The fourth-order valence-corrected chi connectivity index (χ4v) is 5.42. The monoisotopic (exact) mass is 501 g/mol. The van der Waals surface area contributed by atoms with Crippen LogP contribution in [-0.4, -0.2) is 47.2 Å². The average Bonchev–Trinajstić information content (AvgIpc) is 3.11. The van der Waals surface area contributed by atoms with Crippen LogP contribution in [0.1, 0.15) is 25.1 Å². The molecule has 2 heterocycles. The Morgan fingerprint density at radius 3 is 2.58 bits per heavy atom. The molecule has 2 amide bonds. The molecular formula is C22H23F4N3O2S2. The number of carbonyl (C=O) groups excluding carboxylic acids is 2. The molecule has 3 rings (SSSR count). The molecule has 2 aromatic rings. The summed E-state index contributed by atoms with van der Waals surface area (Å²) in [6.07, 6.45) is -5.52. The second-order valence-electron chi connectivity index (χ2n) is 8.30. The number of amides is 2. The maximum absolute atomic E-state index is 14.7. The first-order valence-corrected chi connectivity index (χ1v) is 12.0. The number of alkyl halides is 4. The van der Waals surface area contributed by atoms with Gasteiger partial charge in [-0.2, -0.15) is 13.2 Å². The predicted molar refractivity (Wildman–Crippen MR) is 123 cm³/mol. The molecule has 0 spiro atoms. The van der Waals surface area contributed by atoms with Gasteiger partial charge in [0.05, 0.1) is 11.8 Å². The Morgan fingerprint density at radius 1 is 1.27 bits per heavy atom. The number of carbonyl (C=O) groups is 2. The van der Waals surface area contributed by atoms with Crippen molar-refractivity contribution in [3.63, 3.8) is 0 Å². The quantitative estimate of drug-likeness (QED) is 0.443. The normalized spacial score (nSPS) is 25.0. The third-order valence-corrected chi connectivity index (χ3v) is 7.16. The lowest BCUT2D eigenvalue weighted by Crippen LogP contribution is -2.62. The summed E-state index contributed by atoms with van der Waals surface area (Å²) in [6, 6.07) is 5.40. The number of primary amides is 1. The number of thioether (sulfide) groups is 1. The Kier molecular flexibility index (Phi) is 7.31. The van der Waals surface area contributed by atoms with E-state index in [-0.39, 0.29) is 16.4 Å². The van der Waals surface area contributed by atoms with Crippen LogP contribution >= 0.6 is 23.1 Å². The topological polar surface area (TPSA) is 84.2 Å². The first-order chi connectivity index (χ1) is 15.3. The minimum absolute atomic E-state index is 0.0245. The fraction of sp³-hybridized carbons (Fsp3) is 0.455. The number of halogens is 4. The van der Waals surface area contributed by atoms with Gasteiger partial charge in [-0.3, -0.25) is 14.9 Å². The zero-order valence-electron chi connectivity index (χ0n) is 17.9. The summed E-state index contributed by atoms with van der Waals surface area (Å²) in [5, 5.41) is 5.31. The highest BCUT2D eigenvalue weighted by atomic mass is 32.2. The minimum atomic E-state index is -4.94. The molecule has 11 heteroatoms. The molecule has 33 heavy (non-hydrogen) atoms. The van der Waals surface area contributed by atoms with Crippen molar-refractivity contribution >= 4 is 45.0 Å². The van der Waals surface area contributed by atoms with Crippen LogP contribution < -0.4 is 16.4 Å². The van der Waals surface area contributed by atoms with Gasteiger partial charge in [0.25, 0.3) is 0 Å². The Morgan fingerprint density at radius 2 is 1.97 bits per heavy atom. The highest BCUT2D eigenvalue weighted by molar-refractivity contribution is 7.99. The van der Waals surface area contributed by atoms with Gasteiger partial charge in [0.1, 0.15) is 11.7 Å². The average molecular weight is 502 g/mol. The number of rotatable bonds is 4. The fourth-order valence-electron chi connectivity index (χ4n) is 3.45. The molecule has 0 fully saturated rings. The van der Waals surface area contributed by atoms with Gasteiger partial charge in [0.15, 0.2) is 0 Å². The molecule has 0 saturated carbocycles. The van der Waals surface area contributed by atoms with Crippen LogP contribution in [0.2, 0.25) is 0 Å². The van der Waals surface area contributed by atoms with E-state index >= 15 is 0 Å². The van der Waals surface area contributed by atoms with Crippen molar-refractivity contribution in [2.24, 2.45) is 5.73 Å². The van der Waals surface area contributed by atoms with E-state index in [1.807, 2.05) is 0 Å². The molecule has 1 aliphatic rings. The number of nitrogens with one attached hydrogen (secondary N) is 2. The molecule has 1 aromatic carbocycles. The van der Waals surface area contributed by atoms with Gasteiger partial charge < -0.3 is 11.1 Å². The molecule has 3 atom stereocenters. The summed E-state index contributed by atoms with van der Waals surface area (Å²) in [4.78, 5) is 24.6. The Hall–Kier alpha value is -2.29. The molecule has 178 valence electrons. The summed E-state index contributed by atoms with van der Waals surface area (Å²) in [7, 11) is 0. The van der Waals surface area contributed by atoms with E-state index in [0.717, 1.165) is 36.9 Å². The van der Waals surface area contributed by atoms with Crippen molar-refractivity contribution in [3.8, 4) is 11.8 Å². The highest BCUT2D eigenvalue weighted by Crippen LogP contribution is 2.44. The third kappa shape index (κ3) is 5.80. The molecular weight excluding hydrogens is 478 g/mol. The van der Waals surface area contributed by atoms with Crippen LogP contribution in [0.3, 0.4) is 0 Å². The van der Waals surface area contributed by atoms with Crippen LogP contribution in [0.4, 0.5) is 17.6 Å². The molecule has 0 radical (unpaired) electrons. The van der Waals surface area contributed by atoms with Crippen LogP contribution in [0.5, 0.6) is 0 Å². The van der Waals surface area contributed by atoms with E-state index in [4.69, 9.17) is 5.73 Å². The van der Waals surface area contributed by atoms with Gasteiger partial charge in [-0.1, -0.05) is 30.0 Å². The number of hydrogen-bond acceptors (Lipinski definition) is 5. The van der Waals surface area contributed by atoms with E-state index < -0.39 is 47.7 Å². The van der Waals surface area contributed by atoms with Gasteiger partial charge >= 0.3 is 6.18 Å². The summed E-state index contributed by atoms with van der Waals surface area (Å²) >= 11 is 1.97. The summed E-state index contributed by atoms with van der Waals surface area (Å²) in [6.45, 7) is 2.32. The third-order valence-electron chi connectivity index (χ3n) is 5.01. The van der Waals surface area contributed by atoms with Gasteiger partial charge in [-0.15, -0.1) is 23.1 Å². The summed E-state index contributed by atoms with van der Waals surface area (Å²) < 4.78 is 59.4. The van der Waals surface area contributed by atoms with Gasteiger partial charge in [0, 0.05) is 21.8 Å². The summed E-state index contributed by atoms with van der Waals surface area (Å²) in [5.41, 5.74) is 0.424. The maximum Gasteiger partial charge on any atom is 0.423 e. The van der Waals surface area contributed by atoms with E-state index in [1.165, 1.54) is 6.07 Å². The van der Waals surface area contributed by atoms with E-state index in [1.54, 1.807) is 24.3 Å². The lowest BCUT2D eigenvalue weighted by molar-refractivity contribution is -0.184. The van der Waals surface area contributed by atoms with Crippen molar-refractivity contribution in [2.45, 2.75) is 49.7 Å². The number of benzene rings is 1. The van der Waals surface area contributed by atoms with Crippen molar-refractivity contribution < 1.29 is 27.2 Å². The second-order valence-corrected chi connectivity index (χ2v) is 10.4. The Balaban J connectivity index is 2.18. The van der Waals surface area contributed by atoms with Crippen LogP contribution in [0, 0.1) is 11.8 Å². The zero-order chi connectivity index (χ0) is 24.4. The molecule has 1 aromatic heterocycles. The molecule has 0 bridgehead atoms. The smallest absolute Gasteiger partial charge is 0.368 e.